The topological polar surface area (TPSA) is 76.7 Å². The third-order valence-corrected chi connectivity index (χ3v) is 4.60. The zero-order valence-electron chi connectivity index (χ0n) is 12.2. The molecule has 0 spiro atoms. The maximum atomic E-state index is 11.9. The number of sulfonamides is 1. The summed E-state index contributed by atoms with van der Waals surface area (Å²) in [5, 5.41) is 3.22. The summed E-state index contributed by atoms with van der Waals surface area (Å²) in [6.07, 6.45) is 0.802. The van der Waals surface area contributed by atoms with Gasteiger partial charge in [0.25, 0.3) is 0 Å². The van der Waals surface area contributed by atoms with Gasteiger partial charge in [-0.1, -0.05) is 6.92 Å². The molecule has 0 bridgehead atoms. The molecule has 0 aromatic heterocycles. The first-order valence-corrected chi connectivity index (χ1v) is 8.63. The number of hydrogen-bond donors (Lipinski definition) is 2. The molecule has 1 aromatic carbocycles. The lowest BCUT2D eigenvalue weighted by Gasteiger charge is -2.23. The normalized spacial score (nSPS) is 19.4. The standard InChI is InChI=1S/C14H22N2O4S/c1-2-7-16-21(17,18)14-5-3-12(4-6-14)15-10-13-11-19-8-9-20-13/h3-6,13,15-16H,2,7-11H2,1H3. The number of anilines is 1. The molecule has 1 aromatic rings. The Bertz CT molecular complexity index is 524. The molecule has 0 aliphatic carbocycles. The van der Waals surface area contributed by atoms with Crippen LogP contribution in [0.3, 0.4) is 0 Å². The molecule has 2 N–H and O–H groups in total. The van der Waals surface area contributed by atoms with E-state index in [0.29, 0.717) is 32.9 Å². The number of ether oxygens (including phenoxy) is 2. The molecule has 1 saturated heterocycles. The number of hydrogen-bond acceptors (Lipinski definition) is 5. The minimum atomic E-state index is -3.40. The van der Waals surface area contributed by atoms with Gasteiger partial charge in [-0.2, -0.15) is 0 Å². The Morgan fingerprint density at radius 3 is 2.62 bits per heavy atom. The highest BCUT2D eigenvalue weighted by Crippen LogP contribution is 2.14. The summed E-state index contributed by atoms with van der Waals surface area (Å²) in [4.78, 5) is 0.277. The van der Waals surface area contributed by atoms with E-state index in [4.69, 9.17) is 9.47 Å². The minimum absolute atomic E-state index is 0.0355. The van der Waals surface area contributed by atoms with Gasteiger partial charge in [-0.25, -0.2) is 13.1 Å². The van der Waals surface area contributed by atoms with Crippen LogP contribution in [-0.2, 0) is 19.5 Å². The predicted molar refractivity (Wildman–Crippen MR) is 81.0 cm³/mol. The Morgan fingerprint density at radius 2 is 2.00 bits per heavy atom. The second-order valence-corrected chi connectivity index (χ2v) is 6.64. The van der Waals surface area contributed by atoms with Gasteiger partial charge in [-0.05, 0) is 30.7 Å². The lowest BCUT2D eigenvalue weighted by atomic mass is 10.3. The summed E-state index contributed by atoms with van der Waals surface area (Å²) in [6, 6.07) is 6.70. The van der Waals surface area contributed by atoms with Crippen molar-refractivity contribution in [2.24, 2.45) is 0 Å². The molecule has 118 valence electrons. The van der Waals surface area contributed by atoms with Gasteiger partial charge < -0.3 is 14.8 Å². The average molecular weight is 314 g/mol. The summed E-state index contributed by atoms with van der Waals surface area (Å²) >= 11 is 0. The Kier molecular flexibility index (Phi) is 5.98. The summed E-state index contributed by atoms with van der Waals surface area (Å²) in [6.45, 7) is 4.86. The van der Waals surface area contributed by atoms with Gasteiger partial charge in [0, 0.05) is 18.8 Å². The van der Waals surface area contributed by atoms with Gasteiger partial charge in [0.2, 0.25) is 10.0 Å². The van der Waals surface area contributed by atoms with E-state index < -0.39 is 10.0 Å². The number of benzene rings is 1. The highest BCUT2D eigenvalue weighted by molar-refractivity contribution is 7.89. The van der Waals surface area contributed by atoms with E-state index in [9.17, 15) is 8.42 Å². The van der Waals surface area contributed by atoms with Crippen LogP contribution < -0.4 is 10.0 Å². The monoisotopic (exact) mass is 314 g/mol. The maximum absolute atomic E-state index is 11.9. The first-order chi connectivity index (χ1) is 10.1. The van der Waals surface area contributed by atoms with Crippen LogP contribution in [0.1, 0.15) is 13.3 Å². The van der Waals surface area contributed by atoms with Crippen molar-refractivity contribution in [2.45, 2.75) is 24.3 Å². The van der Waals surface area contributed by atoms with Crippen LogP contribution in [0.2, 0.25) is 0 Å². The van der Waals surface area contributed by atoms with Crippen molar-refractivity contribution in [2.75, 3.05) is 38.2 Å². The zero-order valence-corrected chi connectivity index (χ0v) is 13.0. The molecule has 1 atom stereocenters. The molecule has 21 heavy (non-hydrogen) atoms. The molecule has 2 rings (SSSR count). The third kappa shape index (κ3) is 4.96. The fraction of sp³-hybridized carbons (Fsp3) is 0.571. The molecule has 6 nitrogen and oxygen atoms in total. The lowest BCUT2D eigenvalue weighted by molar-refractivity contribution is -0.0818. The number of rotatable bonds is 7. The molecule has 7 heteroatoms. The van der Waals surface area contributed by atoms with Gasteiger partial charge in [-0.3, -0.25) is 0 Å². The maximum Gasteiger partial charge on any atom is 0.240 e. The Hall–Kier alpha value is -1.15. The zero-order chi connectivity index (χ0) is 15.1. The van der Waals surface area contributed by atoms with Crippen molar-refractivity contribution >= 4 is 15.7 Å². The van der Waals surface area contributed by atoms with Crippen molar-refractivity contribution in [3.8, 4) is 0 Å². The summed E-state index contributed by atoms with van der Waals surface area (Å²) in [7, 11) is -3.40. The SMILES string of the molecule is CCCNS(=O)(=O)c1ccc(NCC2COCCO2)cc1. The van der Waals surface area contributed by atoms with Crippen LogP contribution in [0.15, 0.2) is 29.2 Å². The van der Waals surface area contributed by atoms with Crippen LogP contribution in [0, 0.1) is 0 Å². The van der Waals surface area contributed by atoms with E-state index in [1.54, 1.807) is 24.3 Å². The highest BCUT2D eigenvalue weighted by Gasteiger charge is 2.15. The lowest BCUT2D eigenvalue weighted by Crippen LogP contribution is -2.34. The molecule has 1 aliphatic rings. The molecule has 1 heterocycles. The minimum Gasteiger partial charge on any atom is -0.382 e. The van der Waals surface area contributed by atoms with Gasteiger partial charge in [0.15, 0.2) is 0 Å². The van der Waals surface area contributed by atoms with Crippen LogP contribution in [-0.4, -0.2) is 47.4 Å². The Morgan fingerprint density at radius 1 is 1.24 bits per heavy atom. The molecule has 1 fully saturated rings. The number of nitrogens with one attached hydrogen (secondary N) is 2. The van der Waals surface area contributed by atoms with Gasteiger partial charge in [0.05, 0.1) is 30.8 Å². The van der Waals surface area contributed by atoms with E-state index in [-0.39, 0.29) is 11.0 Å². The van der Waals surface area contributed by atoms with Crippen molar-refractivity contribution in [1.82, 2.24) is 4.72 Å². The van der Waals surface area contributed by atoms with Gasteiger partial charge >= 0.3 is 0 Å². The second-order valence-electron chi connectivity index (χ2n) is 4.87. The fourth-order valence-electron chi connectivity index (χ4n) is 1.96. The largest absolute Gasteiger partial charge is 0.382 e. The summed E-state index contributed by atoms with van der Waals surface area (Å²) in [5.41, 5.74) is 0.860. The van der Waals surface area contributed by atoms with Crippen LogP contribution >= 0.6 is 0 Å². The van der Waals surface area contributed by atoms with E-state index in [1.807, 2.05) is 6.92 Å². The average Bonchev–Trinajstić information content (AvgIpc) is 2.52. The predicted octanol–water partition coefficient (Wildman–Crippen LogP) is 1.20. The molecule has 0 amide bonds. The molecule has 1 aliphatic heterocycles. The van der Waals surface area contributed by atoms with Crippen LogP contribution in [0.4, 0.5) is 5.69 Å². The van der Waals surface area contributed by atoms with Crippen LogP contribution in [0.25, 0.3) is 0 Å². The smallest absolute Gasteiger partial charge is 0.240 e. The van der Waals surface area contributed by atoms with Crippen molar-refractivity contribution in [1.29, 1.82) is 0 Å². The molecule has 0 radical (unpaired) electrons. The molecular weight excluding hydrogens is 292 g/mol. The summed E-state index contributed by atoms with van der Waals surface area (Å²) < 4.78 is 37.3. The summed E-state index contributed by atoms with van der Waals surface area (Å²) in [5.74, 6) is 0. The van der Waals surface area contributed by atoms with E-state index in [2.05, 4.69) is 10.0 Å². The molecule has 1 unspecified atom stereocenters. The van der Waals surface area contributed by atoms with Crippen molar-refractivity contribution in [3.05, 3.63) is 24.3 Å². The van der Waals surface area contributed by atoms with Crippen molar-refractivity contribution < 1.29 is 17.9 Å². The van der Waals surface area contributed by atoms with E-state index >= 15 is 0 Å². The Labute approximate surface area is 125 Å². The van der Waals surface area contributed by atoms with Gasteiger partial charge in [-0.15, -0.1) is 0 Å². The first-order valence-electron chi connectivity index (χ1n) is 7.15. The third-order valence-electron chi connectivity index (χ3n) is 3.13. The fourth-order valence-corrected chi connectivity index (χ4v) is 3.09. The van der Waals surface area contributed by atoms with Crippen LogP contribution in [0.5, 0.6) is 0 Å². The van der Waals surface area contributed by atoms with E-state index in [1.165, 1.54) is 0 Å². The molecule has 0 saturated carbocycles. The van der Waals surface area contributed by atoms with Gasteiger partial charge in [0.1, 0.15) is 0 Å². The van der Waals surface area contributed by atoms with E-state index in [0.717, 1.165) is 12.1 Å². The Balaban J connectivity index is 1.89. The highest BCUT2D eigenvalue weighted by atomic mass is 32.2. The first kappa shape index (κ1) is 16.2. The second kappa shape index (κ2) is 7.74. The van der Waals surface area contributed by atoms with Crippen molar-refractivity contribution in [3.63, 3.8) is 0 Å². The molecular formula is C14H22N2O4S. The quantitative estimate of drug-likeness (QED) is 0.791.